The molecule has 2 fully saturated rings. The summed E-state index contributed by atoms with van der Waals surface area (Å²) in [5, 5.41) is 0. The van der Waals surface area contributed by atoms with Crippen molar-refractivity contribution in [3.05, 3.63) is 71.8 Å². The normalized spacial score (nSPS) is 19.0. The number of hydrogen-bond donors (Lipinski definition) is 0. The van der Waals surface area contributed by atoms with Gasteiger partial charge in [-0.05, 0) is 11.1 Å². The first-order chi connectivity index (χ1) is 13.8. The van der Waals surface area contributed by atoms with E-state index in [1.54, 1.807) is 0 Å². The van der Waals surface area contributed by atoms with Crippen molar-refractivity contribution in [2.75, 3.05) is 52.4 Å². The smallest absolute Gasteiger partial charge is 0.320 e. The molecule has 4 rings (SSSR count). The average molecular weight is 378 g/mol. The Balaban J connectivity index is 1.20. The van der Waals surface area contributed by atoms with E-state index in [-0.39, 0.29) is 6.03 Å². The van der Waals surface area contributed by atoms with Crippen LogP contribution in [0.2, 0.25) is 0 Å². The average Bonchev–Trinajstić information content (AvgIpc) is 2.76. The molecule has 0 radical (unpaired) electrons. The Morgan fingerprint density at radius 3 is 1.29 bits per heavy atom. The molecule has 0 N–H and O–H groups in total. The van der Waals surface area contributed by atoms with Crippen molar-refractivity contribution in [3.63, 3.8) is 0 Å². The van der Waals surface area contributed by atoms with Gasteiger partial charge in [-0.15, -0.1) is 0 Å². The molecule has 0 atom stereocenters. The molecule has 5 nitrogen and oxygen atoms in total. The van der Waals surface area contributed by atoms with Gasteiger partial charge in [0.05, 0.1) is 0 Å². The van der Waals surface area contributed by atoms with Gasteiger partial charge >= 0.3 is 6.03 Å². The molecule has 0 bridgehead atoms. The molecule has 0 spiro atoms. The van der Waals surface area contributed by atoms with Crippen LogP contribution in [0.15, 0.2) is 60.7 Å². The second kappa shape index (κ2) is 9.22. The third kappa shape index (κ3) is 4.91. The van der Waals surface area contributed by atoms with E-state index in [0.29, 0.717) is 0 Å². The topological polar surface area (TPSA) is 30.0 Å². The predicted octanol–water partition coefficient (Wildman–Crippen LogP) is 2.74. The molecule has 2 aromatic rings. The summed E-state index contributed by atoms with van der Waals surface area (Å²) < 4.78 is 0. The van der Waals surface area contributed by atoms with Gasteiger partial charge in [0, 0.05) is 65.4 Å². The summed E-state index contributed by atoms with van der Waals surface area (Å²) in [5.74, 6) is 0. The van der Waals surface area contributed by atoms with Crippen molar-refractivity contribution in [2.45, 2.75) is 13.1 Å². The van der Waals surface area contributed by atoms with E-state index in [9.17, 15) is 4.79 Å². The number of piperazine rings is 2. The fraction of sp³-hybridized carbons (Fsp3) is 0.435. The van der Waals surface area contributed by atoms with Crippen molar-refractivity contribution < 1.29 is 4.79 Å². The first-order valence-corrected chi connectivity index (χ1v) is 10.3. The molecule has 2 aromatic carbocycles. The van der Waals surface area contributed by atoms with Gasteiger partial charge < -0.3 is 9.80 Å². The molecule has 2 aliphatic rings. The molecular formula is C23H30N4O. The largest absolute Gasteiger partial charge is 0.322 e. The van der Waals surface area contributed by atoms with E-state index in [1.165, 1.54) is 11.1 Å². The number of amides is 2. The van der Waals surface area contributed by atoms with Crippen molar-refractivity contribution in [1.29, 1.82) is 0 Å². The maximum absolute atomic E-state index is 12.9. The lowest BCUT2D eigenvalue weighted by molar-refractivity contribution is 0.0870. The van der Waals surface area contributed by atoms with Crippen molar-refractivity contribution >= 4 is 6.03 Å². The fourth-order valence-corrected chi connectivity index (χ4v) is 4.08. The second-order valence-corrected chi connectivity index (χ2v) is 7.78. The molecule has 0 saturated carbocycles. The zero-order chi connectivity index (χ0) is 19.2. The van der Waals surface area contributed by atoms with Crippen LogP contribution in [0.25, 0.3) is 0 Å². The molecular weight excluding hydrogens is 347 g/mol. The number of benzene rings is 2. The van der Waals surface area contributed by atoms with Gasteiger partial charge in [0.1, 0.15) is 0 Å². The summed E-state index contributed by atoms with van der Waals surface area (Å²) in [6.45, 7) is 9.08. The van der Waals surface area contributed by atoms with E-state index in [2.05, 4.69) is 70.5 Å². The molecule has 2 saturated heterocycles. The Morgan fingerprint density at radius 1 is 0.571 bits per heavy atom. The van der Waals surface area contributed by atoms with E-state index in [4.69, 9.17) is 0 Å². The number of nitrogens with zero attached hydrogens (tertiary/aromatic N) is 4. The Bertz CT molecular complexity index is 672. The third-order valence-electron chi connectivity index (χ3n) is 5.78. The maximum Gasteiger partial charge on any atom is 0.320 e. The Morgan fingerprint density at radius 2 is 0.929 bits per heavy atom. The monoisotopic (exact) mass is 377 g/mol. The highest BCUT2D eigenvalue weighted by atomic mass is 16.1. The van der Waals surface area contributed by atoms with Crippen LogP contribution in [-0.2, 0) is 13.1 Å². The number of rotatable bonds is 4. The van der Waals surface area contributed by atoms with E-state index >= 15 is 0 Å². The molecule has 0 aliphatic carbocycles. The summed E-state index contributed by atoms with van der Waals surface area (Å²) in [6.07, 6.45) is 0. The quantitative estimate of drug-likeness (QED) is 0.821. The van der Waals surface area contributed by atoms with Crippen LogP contribution in [0, 0.1) is 0 Å². The number of hydrogen-bond acceptors (Lipinski definition) is 3. The summed E-state index contributed by atoms with van der Waals surface area (Å²) in [7, 11) is 0. The first kappa shape index (κ1) is 19.0. The molecule has 148 valence electrons. The number of carbonyl (C=O) groups is 1. The lowest BCUT2D eigenvalue weighted by Crippen LogP contribution is -2.56. The Hall–Kier alpha value is -2.37. The van der Waals surface area contributed by atoms with Gasteiger partial charge in [0.25, 0.3) is 0 Å². The van der Waals surface area contributed by atoms with Crippen LogP contribution in [0.4, 0.5) is 4.79 Å². The van der Waals surface area contributed by atoms with Crippen LogP contribution < -0.4 is 0 Å². The van der Waals surface area contributed by atoms with E-state index < -0.39 is 0 Å². The van der Waals surface area contributed by atoms with Crippen molar-refractivity contribution in [2.24, 2.45) is 0 Å². The van der Waals surface area contributed by atoms with Crippen LogP contribution in [0.3, 0.4) is 0 Å². The Kier molecular flexibility index (Phi) is 6.24. The van der Waals surface area contributed by atoms with E-state index in [0.717, 1.165) is 65.4 Å². The number of urea groups is 1. The molecule has 0 unspecified atom stereocenters. The predicted molar refractivity (Wildman–Crippen MR) is 112 cm³/mol. The van der Waals surface area contributed by atoms with Gasteiger partial charge in [0.2, 0.25) is 0 Å². The van der Waals surface area contributed by atoms with Gasteiger partial charge in [-0.2, -0.15) is 0 Å². The van der Waals surface area contributed by atoms with Gasteiger partial charge in [-0.25, -0.2) is 4.79 Å². The highest BCUT2D eigenvalue weighted by Crippen LogP contribution is 2.13. The summed E-state index contributed by atoms with van der Waals surface area (Å²) in [5.41, 5.74) is 2.69. The standard InChI is InChI=1S/C23H30N4O/c28-23(26-15-11-24(12-16-26)19-21-7-3-1-4-8-21)27-17-13-25(14-18-27)20-22-9-5-2-6-10-22/h1-10H,11-20H2/i23-1. The molecule has 5 heteroatoms. The first-order valence-electron chi connectivity index (χ1n) is 10.3. The molecule has 2 amide bonds. The second-order valence-electron chi connectivity index (χ2n) is 7.78. The number of carbonyl (C=O) groups excluding carboxylic acids is 1. The van der Waals surface area contributed by atoms with Gasteiger partial charge in [0.15, 0.2) is 0 Å². The van der Waals surface area contributed by atoms with Crippen molar-refractivity contribution in [1.82, 2.24) is 19.6 Å². The molecule has 0 aromatic heterocycles. The van der Waals surface area contributed by atoms with Crippen LogP contribution >= 0.6 is 0 Å². The fourth-order valence-electron chi connectivity index (χ4n) is 4.08. The van der Waals surface area contributed by atoms with Gasteiger partial charge in [-0.1, -0.05) is 60.7 Å². The minimum Gasteiger partial charge on any atom is -0.322 e. The summed E-state index contributed by atoms with van der Waals surface area (Å²) >= 11 is 0. The Labute approximate surface area is 168 Å². The van der Waals surface area contributed by atoms with Crippen molar-refractivity contribution in [3.8, 4) is 0 Å². The minimum atomic E-state index is 0.221. The van der Waals surface area contributed by atoms with E-state index in [1.807, 2.05) is 9.80 Å². The van der Waals surface area contributed by atoms with Crippen LogP contribution in [-0.4, -0.2) is 78.0 Å². The van der Waals surface area contributed by atoms with Crippen LogP contribution in [0.1, 0.15) is 11.1 Å². The summed E-state index contributed by atoms with van der Waals surface area (Å²) in [4.78, 5) is 21.9. The lowest BCUT2D eigenvalue weighted by atomic mass is 10.0. The highest BCUT2D eigenvalue weighted by Gasteiger charge is 2.27. The maximum atomic E-state index is 12.9. The molecule has 28 heavy (non-hydrogen) atoms. The molecule has 2 heterocycles. The highest BCUT2D eigenvalue weighted by molar-refractivity contribution is 5.74. The molecule has 2 aliphatic heterocycles. The zero-order valence-corrected chi connectivity index (χ0v) is 16.5. The zero-order valence-electron chi connectivity index (χ0n) is 16.5. The third-order valence-corrected chi connectivity index (χ3v) is 5.78. The minimum absolute atomic E-state index is 0.221. The SMILES string of the molecule is O=[11C](N1CCN(Cc2ccccc2)CC1)N1CCN(Cc2ccccc2)CC1. The van der Waals surface area contributed by atoms with Crippen LogP contribution in [0.5, 0.6) is 0 Å². The lowest BCUT2D eigenvalue weighted by Gasteiger charge is -2.40. The van der Waals surface area contributed by atoms with Gasteiger partial charge in [-0.3, -0.25) is 9.80 Å². The summed E-state index contributed by atoms with van der Waals surface area (Å²) in [6, 6.07) is 21.4.